The molecule has 2 rings (SSSR count). The van der Waals surface area contributed by atoms with E-state index in [1.165, 1.54) is 11.1 Å². The van der Waals surface area contributed by atoms with Gasteiger partial charge in [-0.3, -0.25) is 4.79 Å². The van der Waals surface area contributed by atoms with E-state index in [0.717, 1.165) is 5.56 Å². The smallest absolute Gasteiger partial charge is 0.237 e. The summed E-state index contributed by atoms with van der Waals surface area (Å²) in [6, 6.07) is 6.37. The van der Waals surface area contributed by atoms with Crippen LogP contribution in [0.5, 0.6) is 0 Å². The molecule has 0 saturated heterocycles. The third-order valence-corrected chi connectivity index (χ3v) is 3.50. The minimum Gasteiger partial charge on any atom is -0.339 e. The zero-order valence-electron chi connectivity index (χ0n) is 13.3. The highest BCUT2D eigenvalue weighted by Gasteiger charge is 2.26. The number of hydrogen-bond acceptors (Lipinski definition) is 4. The summed E-state index contributed by atoms with van der Waals surface area (Å²) in [7, 11) is 0. The molecule has 0 bridgehead atoms. The number of Topliss-reactive ketones (excluding diaryl/α,β-unsaturated/α-hetero) is 1. The Morgan fingerprint density at radius 2 is 1.81 bits per heavy atom. The van der Waals surface area contributed by atoms with Crippen molar-refractivity contribution >= 4 is 5.78 Å². The summed E-state index contributed by atoms with van der Waals surface area (Å²) in [5.41, 5.74) is 3.60. The molecule has 0 radical (unpaired) electrons. The summed E-state index contributed by atoms with van der Waals surface area (Å²) in [6.45, 7) is 9.68. The Balaban J connectivity index is 2.21. The molecule has 0 N–H and O–H groups in total. The first kappa shape index (κ1) is 15.4. The third kappa shape index (κ3) is 3.78. The number of hydrogen-bond donors (Lipinski definition) is 0. The topological polar surface area (TPSA) is 56.0 Å². The molecule has 1 aromatic heterocycles. The van der Waals surface area contributed by atoms with E-state index in [1.54, 1.807) is 6.92 Å². The lowest BCUT2D eigenvalue weighted by molar-refractivity contribution is -0.119. The van der Waals surface area contributed by atoms with Crippen LogP contribution >= 0.6 is 0 Å². The molecule has 0 spiro atoms. The van der Waals surface area contributed by atoms with E-state index in [0.29, 0.717) is 18.1 Å². The van der Waals surface area contributed by atoms with Crippen molar-refractivity contribution < 1.29 is 9.32 Å². The van der Waals surface area contributed by atoms with Crippen molar-refractivity contribution in [1.82, 2.24) is 10.1 Å². The van der Waals surface area contributed by atoms with Gasteiger partial charge in [0.15, 0.2) is 5.82 Å². The second kappa shape index (κ2) is 6.20. The Bertz CT molecular complexity index is 624. The maximum atomic E-state index is 11.7. The Kier molecular flexibility index (Phi) is 4.56. The van der Waals surface area contributed by atoms with E-state index in [-0.39, 0.29) is 17.6 Å². The Hall–Kier alpha value is -1.97. The van der Waals surface area contributed by atoms with Crippen molar-refractivity contribution in [3.63, 3.8) is 0 Å². The SMILES string of the molecule is CC(=O)C(c1nc(Cc2cc(C)cc(C)c2)no1)C(C)C. The highest BCUT2D eigenvalue weighted by Crippen LogP contribution is 2.24. The summed E-state index contributed by atoms with van der Waals surface area (Å²) >= 11 is 0. The molecule has 4 nitrogen and oxygen atoms in total. The molecule has 1 unspecified atom stereocenters. The number of carbonyl (C=O) groups is 1. The number of rotatable bonds is 5. The molecular formula is C17H22N2O2. The fourth-order valence-corrected chi connectivity index (χ4v) is 2.75. The van der Waals surface area contributed by atoms with E-state index in [2.05, 4.69) is 42.2 Å². The number of carbonyl (C=O) groups excluding carboxylic acids is 1. The van der Waals surface area contributed by atoms with Gasteiger partial charge in [0.25, 0.3) is 0 Å². The van der Waals surface area contributed by atoms with Crippen LogP contribution in [-0.2, 0) is 11.2 Å². The minimum absolute atomic E-state index is 0.0617. The molecule has 1 atom stereocenters. The fraction of sp³-hybridized carbons (Fsp3) is 0.471. The largest absolute Gasteiger partial charge is 0.339 e. The second-order valence-electron chi connectivity index (χ2n) is 6.05. The molecular weight excluding hydrogens is 264 g/mol. The van der Waals surface area contributed by atoms with Crippen LogP contribution in [0.1, 0.15) is 55.1 Å². The summed E-state index contributed by atoms with van der Waals surface area (Å²) < 4.78 is 5.30. The van der Waals surface area contributed by atoms with E-state index < -0.39 is 0 Å². The van der Waals surface area contributed by atoms with Crippen molar-refractivity contribution in [3.8, 4) is 0 Å². The van der Waals surface area contributed by atoms with Crippen LogP contribution in [-0.4, -0.2) is 15.9 Å². The summed E-state index contributed by atoms with van der Waals surface area (Å²) in [5.74, 6) is 0.952. The van der Waals surface area contributed by atoms with Gasteiger partial charge in [0.05, 0.1) is 5.92 Å². The van der Waals surface area contributed by atoms with Gasteiger partial charge < -0.3 is 4.52 Å². The van der Waals surface area contributed by atoms with Crippen LogP contribution in [0.4, 0.5) is 0 Å². The van der Waals surface area contributed by atoms with Crippen LogP contribution in [0.25, 0.3) is 0 Å². The number of ketones is 1. The number of benzene rings is 1. The fourth-order valence-electron chi connectivity index (χ4n) is 2.75. The van der Waals surface area contributed by atoms with Gasteiger partial charge in [0, 0.05) is 6.42 Å². The van der Waals surface area contributed by atoms with E-state index in [1.807, 2.05) is 13.8 Å². The zero-order valence-corrected chi connectivity index (χ0v) is 13.3. The van der Waals surface area contributed by atoms with Gasteiger partial charge in [-0.05, 0) is 32.3 Å². The third-order valence-electron chi connectivity index (χ3n) is 3.50. The summed E-state index contributed by atoms with van der Waals surface area (Å²) in [6.07, 6.45) is 0.620. The second-order valence-corrected chi connectivity index (χ2v) is 6.05. The lowest BCUT2D eigenvalue weighted by Gasteiger charge is -2.12. The maximum Gasteiger partial charge on any atom is 0.237 e. The standard InChI is InChI=1S/C17H22N2O2/c1-10(2)16(13(5)20)17-18-15(19-21-17)9-14-7-11(3)6-12(4)8-14/h6-8,10,16H,9H2,1-5H3. The molecule has 0 aliphatic carbocycles. The first-order valence-electron chi connectivity index (χ1n) is 7.27. The molecule has 0 saturated carbocycles. The van der Waals surface area contributed by atoms with Crippen LogP contribution in [0.3, 0.4) is 0 Å². The normalized spacial score (nSPS) is 12.7. The molecule has 1 heterocycles. The lowest BCUT2D eigenvalue weighted by atomic mass is 9.92. The average Bonchev–Trinajstić information content (AvgIpc) is 2.74. The van der Waals surface area contributed by atoms with Crippen LogP contribution < -0.4 is 0 Å². The average molecular weight is 286 g/mol. The molecule has 0 amide bonds. The van der Waals surface area contributed by atoms with Gasteiger partial charge in [-0.1, -0.05) is 48.3 Å². The first-order chi connectivity index (χ1) is 9.86. The number of aromatic nitrogens is 2. The highest BCUT2D eigenvalue weighted by molar-refractivity contribution is 5.82. The molecule has 112 valence electrons. The van der Waals surface area contributed by atoms with E-state index >= 15 is 0 Å². The molecule has 0 aliphatic heterocycles. The van der Waals surface area contributed by atoms with Crippen LogP contribution in [0.15, 0.2) is 22.7 Å². The minimum atomic E-state index is -0.314. The first-order valence-corrected chi connectivity index (χ1v) is 7.27. The van der Waals surface area contributed by atoms with Gasteiger partial charge in [-0.15, -0.1) is 0 Å². The van der Waals surface area contributed by atoms with Gasteiger partial charge in [-0.2, -0.15) is 4.98 Å². The van der Waals surface area contributed by atoms with Gasteiger partial charge >= 0.3 is 0 Å². The number of aryl methyl sites for hydroxylation is 2. The summed E-state index contributed by atoms with van der Waals surface area (Å²) in [4.78, 5) is 16.1. The molecule has 1 aromatic carbocycles. The van der Waals surface area contributed by atoms with Crippen molar-refractivity contribution in [3.05, 3.63) is 46.6 Å². The predicted octanol–water partition coefficient (Wildman–Crippen LogP) is 3.61. The van der Waals surface area contributed by atoms with Crippen LogP contribution in [0.2, 0.25) is 0 Å². The Labute approximate surface area is 125 Å². The predicted molar refractivity (Wildman–Crippen MR) is 81.3 cm³/mol. The van der Waals surface area contributed by atoms with Crippen molar-refractivity contribution in [2.45, 2.75) is 47.0 Å². The molecule has 21 heavy (non-hydrogen) atoms. The van der Waals surface area contributed by atoms with Crippen molar-refractivity contribution in [1.29, 1.82) is 0 Å². The van der Waals surface area contributed by atoms with E-state index in [9.17, 15) is 4.79 Å². The van der Waals surface area contributed by atoms with Crippen LogP contribution in [0, 0.1) is 19.8 Å². The van der Waals surface area contributed by atoms with Gasteiger partial charge in [0.1, 0.15) is 5.78 Å². The quantitative estimate of drug-likeness (QED) is 0.842. The van der Waals surface area contributed by atoms with Gasteiger partial charge in [0.2, 0.25) is 5.89 Å². The van der Waals surface area contributed by atoms with Crippen molar-refractivity contribution in [2.24, 2.45) is 5.92 Å². The number of nitrogens with zero attached hydrogens (tertiary/aromatic N) is 2. The maximum absolute atomic E-state index is 11.7. The monoisotopic (exact) mass is 286 g/mol. The lowest BCUT2D eigenvalue weighted by Crippen LogP contribution is -2.15. The molecule has 0 fully saturated rings. The van der Waals surface area contributed by atoms with Crippen molar-refractivity contribution in [2.75, 3.05) is 0 Å². The Morgan fingerprint density at radius 3 is 2.33 bits per heavy atom. The van der Waals surface area contributed by atoms with E-state index in [4.69, 9.17) is 4.52 Å². The highest BCUT2D eigenvalue weighted by atomic mass is 16.5. The molecule has 2 aromatic rings. The van der Waals surface area contributed by atoms with Gasteiger partial charge in [-0.25, -0.2) is 0 Å². The zero-order chi connectivity index (χ0) is 15.6. The summed E-state index contributed by atoms with van der Waals surface area (Å²) in [5, 5.41) is 4.02. The Morgan fingerprint density at radius 1 is 1.19 bits per heavy atom. The molecule has 0 aliphatic rings. The molecule has 4 heteroatoms.